The van der Waals surface area contributed by atoms with E-state index in [4.69, 9.17) is 47.4 Å². The van der Waals surface area contributed by atoms with Crippen LogP contribution in [0.15, 0.2) is 106 Å². The second-order valence-electron chi connectivity index (χ2n) is 23.2. The molecule has 22 nitrogen and oxygen atoms in total. The van der Waals surface area contributed by atoms with E-state index in [2.05, 4.69) is 13.2 Å². The topological polar surface area (TPSA) is 311 Å². The molecule has 478 valence electrons. The van der Waals surface area contributed by atoms with E-state index in [0.29, 0.717) is 88.9 Å². The molecule has 2 aliphatic carbocycles. The molecule has 6 rings (SSSR count). The Morgan fingerprint density at radius 3 is 1.27 bits per heavy atom. The van der Waals surface area contributed by atoms with Crippen LogP contribution < -0.4 is 18.9 Å². The molecule has 90 heavy (non-hydrogen) atoms. The lowest BCUT2D eigenvalue weighted by Crippen LogP contribution is -2.30. The predicted octanol–water partition coefficient (Wildman–Crippen LogP) is 10.1. The van der Waals surface area contributed by atoms with Crippen LogP contribution in [0.5, 0.6) is 23.0 Å². The number of nitriles is 2. The Labute approximate surface area is 530 Å². The minimum atomic E-state index is -0.633. The highest BCUT2D eigenvalue weighted by Crippen LogP contribution is 2.59. The van der Waals surface area contributed by atoms with Crippen LogP contribution >= 0.6 is 23.5 Å². The molecule has 2 fully saturated rings. The predicted molar refractivity (Wildman–Crippen MR) is 322 cm³/mol. The highest BCUT2D eigenvalue weighted by molar-refractivity contribution is 8.24. The van der Waals surface area contributed by atoms with Crippen molar-refractivity contribution in [3.63, 3.8) is 0 Å². The summed E-state index contributed by atoms with van der Waals surface area (Å²) in [5.74, 6) is -6.31. The van der Waals surface area contributed by atoms with Gasteiger partial charge in [-0.3, -0.25) is 38.4 Å². The number of ketones is 1. The number of ether oxygens (including phenoxy) is 10. The summed E-state index contributed by atoms with van der Waals surface area (Å²) < 4.78 is 54.9. The third-order valence-electron chi connectivity index (χ3n) is 14.5. The number of rotatable bonds is 31. The minimum absolute atomic E-state index is 0.00449. The lowest BCUT2D eigenvalue weighted by atomic mass is 9.82. The molecular formula is C66H72N2O20S2. The van der Waals surface area contributed by atoms with Crippen molar-refractivity contribution in [1.29, 1.82) is 10.5 Å². The van der Waals surface area contributed by atoms with Gasteiger partial charge in [0.15, 0.2) is 5.78 Å². The van der Waals surface area contributed by atoms with Gasteiger partial charge < -0.3 is 47.4 Å². The summed E-state index contributed by atoms with van der Waals surface area (Å²) in [5, 5.41) is 19.4. The van der Waals surface area contributed by atoms with Gasteiger partial charge in [-0.2, -0.15) is 10.5 Å². The molecule has 0 radical (unpaired) electrons. The quantitative estimate of drug-likeness (QED) is 0.0190. The number of allylic oxidation sites excluding steroid dienone is 1. The molecule has 1 heterocycles. The summed E-state index contributed by atoms with van der Waals surface area (Å²) in [6.45, 7) is 13.7. The van der Waals surface area contributed by atoms with E-state index in [0.717, 1.165) is 41.2 Å². The molecule has 0 bridgehead atoms. The molecule has 0 atom stereocenters. The second kappa shape index (κ2) is 34.4. The van der Waals surface area contributed by atoms with Crippen molar-refractivity contribution in [1.82, 2.24) is 0 Å². The highest BCUT2D eigenvalue weighted by Gasteiger charge is 2.37. The average Bonchev–Trinajstić information content (AvgIpc) is 1.64. The molecule has 0 N–H and O–H groups in total. The zero-order valence-corrected chi connectivity index (χ0v) is 52.3. The third-order valence-corrected chi connectivity index (χ3v) is 17.1. The summed E-state index contributed by atoms with van der Waals surface area (Å²) >= 11 is 2.10. The lowest BCUT2D eigenvalue weighted by molar-refractivity contribution is -0.154. The molecule has 3 aliphatic rings. The van der Waals surface area contributed by atoms with E-state index in [1.807, 2.05) is 12.1 Å². The minimum Gasteiger partial charge on any atom is -0.465 e. The fraction of sp³-hybridized carbons (Fsp3) is 0.455. The summed E-state index contributed by atoms with van der Waals surface area (Å²) in [7, 11) is 0. The Bertz CT molecular complexity index is 3060. The molecule has 0 unspecified atom stereocenters. The Morgan fingerprint density at radius 1 is 0.500 bits per heavy atom. The number of thioether (sulfide) groups is 2. The average molecular weight is 1280 g/mol. The molecule has 0 spiro atoms. The second-order valence-corrected chi connectivity index (χ2v) is 25.5. The SMILES string of the molecule is C=CC(=O)OCC(C)(C)COC(=O)CCC(=O)COCc1ccc(OC(=O)C2CCC(C(=O)Oc3ccc(OC(=O)C4CCC(C(=O)Oc5ccc(CCOC(=O)CCC(=O)OCC(C)(C)COC(=O)C=C)cc5)CC4)c4c3SC(=C(C#N)C#N)S4)CC2)cc1. The normalized spacial score (nSPS) is 16.8. The van der Waals surface area contributed by atoms with E-state index in [1.165, 1.54) is 12.1 Å². The number of carbonyl (C=O) groups is 10. The maximum absolute atomic E-state index is 13.7. The number of esters is 9. The van der Waals surface area contributed by atoms with Crippen molar-refractivity contribution in [3.8, 4) is 35.1 Å². The van der Waals surface area contributed by atoms with Gasteiger partial charge in [0.25, 0.3) is 0 Å². The van der Waals surface area contributed by atoms with E-state index in [9.17, 15) is 58.5 Å². The van der Waals surface area contributed by atoms with Gasteiger partial charge in [0, 0.05) is 35.8 Å². The zero-order valence-electron chi connectivity index (χ0n) is 50.7. The maximum atomic E-state index is 13.7. The van der Waals surface area contributed by atoms with Gasteiger partial charge in [-0.25, -0.2) is 9.59 Å². The van der Waals surface area contributed by atoms with E-state index in [1.54, 1.807) is 76.2 Å². The number of carbonyl (C=O) groups excluding carboxylic acids is 10. The third kappa shape index (κ3) is 22.8. The monoisotopic (exact) mass is 1280 g/mol. The standard InChI is InChI=1S/C66H72N2O20S2/c1-7-53(70)81-37-65(3,4)39-83-56(73)28-21-48(69)36-79-35-42-11-24-50(25-12-42)86-61(76)44-15-19-46(20-16-44)63(78)88-52-27-26-51(58-59(52)90-64(89-58)47(33-67)34-68)87-62(77)45-17-13-43(14-18-45)60(75)85-49-22-9-41(10-23-49)31-32-80-55(72)29-30-57(74)84-40-66(5,6)38-82-54(71)8-2/h7-12,22-27,43-46H,1-2,13-21,28-32,35-40H2,3-6H3. The Morgan fingerprint density at radius 2 is 0.867 bits per heavy atom. The van der Waals surface area contributed by atoms with Gasteiger partial charge >= 0.3 is 53.7 Å². The molecule has 24 heteroatoms. The van der Waals surface area contributed by atoms with Crippen LogP contribution in [0.2, 0.25) is 0 Å². The fourth-order valence-electron chi connectivity index (χ4n) is 9.18. The summed E-state index contributed by atoms with van der Waals surface area (Å²) in [6, 6.07) is 20.1. The van der Waals surface area contributed by atoms with Crippen LogP contribution in [0.1, 0.15) is 116 Å². The van der Waals surface area contributed by atoms with Gasteiger partial charge in [-0.1, -0.05) is 88.6 Å². The first-order valence-corrected chi connectivity index (χ1v) is 30.9. The van der Waals surface area contributed by atoms with Crippen LogP contribution in [-0.4, -0.2) is 99.1 Å². The van der Waals surface area contributed by atoms with Crippen molar-refractivity contribution < 1.29 is 95.3 Å². The number of hydrogen-bond acceptors (Lipinski definition) is 24. The van der Waals surface area contributed by atoms with Gasteiger partial charge in [-0.05, 0) is 98.9 Å². The highest BCUT2D eigenvalue weighted by atomic mass is 32.2. The maximum Gasteiger partial charge on any atom is 0.330 e. The number of benzene rings is 3. The molecule has 2 saturated carbocycles. The van der Waals surface area contributed by atoms with Crippen molar-refractivity contribution in [3.05, 3.63) is 107 Å². The van der Waals surface area contributed by atoms with E-state index >= 15 is 0 Å². The smallest absolute Gasteiger partial charge is 0.330 e. The molecule has 0 aromatic heterocycles. The van der Waals surface area contributed by atoms with Gasteiger partial charge in [-0.15, -0.1) is 0 Å². The Balaban J connectivity index is 0.891. The van der Waals surface area contributed by atoms with E-state index < -0.39 is 88.2 Å². The van der Waals surface area contributed by atoms with E-state index in [-0.39, 0.29) is 94.8 Å². The number of fused-ring (bicyclic) bond motifs is 1. The molecule has 0 amide bonds. The van der Waals surface area contributed by atoms with Crippen LogP contribution in [0.3, 0.4) is 0 Å². The zero-order chi connectivity index (χ0) is 65.4. The van der Waals surface area contributed by atoms with Crippen molar-refractivity contribution >= 4 is 83.0 Å². The molecule has 3 aromatic carbocycles. The molecular weight excluding hydrogens is 1200 g/mol. The molecule has 3 aromatic rings. The first kappa shape index (κ1) is 70.5. The van der Waals surface area contributed by atoms with Gasteiger partial charge in [0.05, 0.1) is 96.6 Å². The van der Waals surface area contributed by atoms with Crippen LogP contribution in [0.25, 0.3) is 0 Å². The number of hydrogen-bond donors (Lipinski definition) is 0. The van der Waals surface area contributed by atoms with Gasteiger partial charge in [0.2, 0.25) is 0 Å². The van der Waals surface area contributed by atoms with Crippen LogP contribution in [0.4, 0.5) is 0 Å². The summed E-state index contributed by atoms with van der Waals surface area (Å²) in [4.78, 5) is 126. The Kier molecular flexibility index (Phi) is 27.0. The summed E-state index contributed by atoms with van der Waals surface area (Å²) in [6.07, 6.45) is 4.66. The Hall–Kier alpha value is -8.58. The summed E-state index contributed by atoms with van der Waals surface area (Å²) in [5.41, 5.74) is 0.0879. The largest absolute Gasteiger partial charge is 0.465 e. The van der Waals surface area contributed by atoms with Crippen LogP contribution in [0, 0.1) is 57.2 Å². The molecule has 0 saturated heterocycles. The molecule has 1 aliphatic heterocycles. The lowest BCUT2D eigenvalue weighted by Gasteiger charge is -2.26. The number of nitrogens with zero attached hydrogens (tertiary/aromatic N) is 2. The van der Waals surface area contributed by atoms with Crippen molar-refractivity contribution in [2.75, 3.05) is 39.6 Å². The first-order chi connectivity index (χ1) is 43.0. The number of Topliss-reactive ketones (excluding diaryl/α,β-unsaturated/α-hetero) is 1. The van der Waals surface area contributed by atoms with Crippen molar-refractivity contribution in [2.24, 2.45) is 34.5 Å². The first-order valence-electron chi connectivity index (χ1n) is 29.2. The van der Waals surface area contributed by atoms with Crippen molar-refractivity contribution in [2.45, 2.75) is 128 Å². The fourth-order valence-corrected chi connectivity index (χ4v) is 11.7. The van der Waals surface area contributed by atoms with Gasteiger partial charge in [0.1, 0.15) is 47.3 Å². The van der Waals surface area contributed by atoms with Crippen LogP contribution in [-0.2, 0) is 89.4 Å².